The Bertz CT molecular complexity index is 777. The summed E-state index contributed by atoms with van der Waals surface area (Å²) in [5.74, 6) is 0.0896. The lowest BCUT2D eigenvalue weighted by atomic mass is 10.1. The molecule has 21 heavy (non-hydrogen) atoms. The second kappa shape index (κ2) is 6.10. The molecule has 0 saturated carbocycles. The lowest BCUT2D eigenvalue weighted by Gasteiger charge is -2.06. The number of furan rings is 1. The van der Waals surface area contributed by atoms with Crippen LogP contribution in [0.3, 0.4) is 0 Å². The van der Waals surface area contributed by atoms with Crippen molar-refractivity contribution in [3.8, 4) is 0 Å². The predicted molar refractivity (Wildman–Crippen MR) is 84.2 cm³/mol. The first-order valence-electron chi connectivity index (χ1n) is 6.60. The second-order valence-corrected chi connectivity index (χ2v) is 5.38. The second-order valence-electron chi connectivity index (χ2n) is 4.60. The third-order valence-electron chi connectivity index (χ3n) is 3.19. The van der Waals surface area contributed by atoms with Gasteiger partial charge in [0.25, 0.3) is 5.91 Å². The largest absolute Gasteiger partial charge is 0.444 e. The average Bonchev–Trinajstić information content (AvgIpc) is 2.94. The Balaban J connectivity index is 1.66. The first-order valence-corrected chi connectivity index (χ1v) is 7.39. The molecule has 0 atom stereocenters. The SMILES string of the molecule is O=C(NCCc1cccc2cccnc12)c1ccc(Br)o1. The van der Waals surface area contributed by atoms with Gasteiger partial charge in [-0.25, -0.2) is 0 Å². The van der Waals surface area contributed by atoms with Gasteiger partial charge in [-0.2, -0.15) is 0 Å². The molecule has 0 aliphatic rings. The van der Waals surface area contributed by atoms with Crippen LogP contribution in [0, 0.1) is 0 Å². The molecule has 1 aromatic carbocycles. The number of amides is 1. The van der Waals surface area contributed by atoms with Crippen LogP contribution in [0.15, 0.2) is 57.7 Å². The Morgan fingerprint density at radius 1 is 1.19 bits per heavy atom. The molecular formula is C16H13BrN2O2. The number of para-hydroxylation sites is 1. The molecule has 0 bridgehead atoms. The zero-order valence-electron chi connectivity index (χ0n) is 11.2. The molecule has 0 fully saturated rings. The number of carbonyl (C=O) groups is 1. The minimum Gasteiger partial charge on any atom is -0.444 e. The minimum atomic E-state index is -0.214. The van der Waals surface area contributed by atoms with Gasteiger partial charge in [-0.3, -0.25) is 9.78 Å². The summed E-state index contributed by atoms with van der Waals surface area (Å²) < 4.78 is 5.76. The number of hydrogen-bond donors (Lipinski definition) is 1. The lowest BCUT2D eigenvalue weighted by molar-refractivity contribution is 0.0925. The van der Waals surface area contributed by atoms with Gasteiger partial charge in [-0.05, 0) is 46.1 Å². The van der Waals surface area contributed by atoms with E-state index in [1.165, 1.54) is 0 Å². The summed E-state index contributed by atoms with van der Waals surface area (Å²) in [6.07, 6.45) is 2.51. The van der Waals surface area contributed by atoms with Crippen molar-refractivity contribution in [2.24, 2.45) is 0 Å². The summed E-state index contributed by atoms with van der Waals surface area (Å²) in [7, 11) is 0. The maximum absolute atomic E-state index is 11.9. The van der Waals surface area contributed by atoms with Gasteiger partial charge in [0.15, 0.2) is 10.4 Å². The molecule has 2 heterocycles. The number of pyridine rings is 1. The van der Waals surface area contributed by atoms with Gasteiger partial charge < -0.3 is 9.73 Å². The van der Waals surface area contributed by atoms with Gasteiger partial charge in [0.2, 0.25) is 0 Å². The summed E-state index contributed by atoms with van der Waals surface area (Å²) >= 11 is 3.18. The van der Waals surface area contributed by atoms with Gasteiger partial charge in [-0.1, -0.05) is 24.3 Å². The molecule has 0 aliphatic heterocycles. The zero-order valence-corrected chi connectivity index (χ0v) is 12.8. The van der Waals surface area contributed by atoms with Crippen molar-refractivity contribution in [2.45, 2.75) is 6.42 Å². The highest BCUT2D eigenvalue weighted by molar-refractivity contribution is 9.10. The molecule has 0 saturated heterocycles. The lowest BCUT2D eigenvalue weighted by Crippen LogP contribution is -2.25. The number of carbonyl (C=O) groups excluding carboxylic acids is 1. The van der Waals surface area contributed by atoms with E-state index >= 15 is 0 Å². The molecule has 0 aliphatic carbocycles. The predicted octanol–water partition coefficient (Wildman–Crippen LogP) is 3.56. The van der Waals surface area contributed by atoms with Crippen LogP contribution in [-0.4, -0.2) is 17.4 Å². The molecule has 0 spiro atoms. The third-order valence-corrected chi connectivity index (χ3v) is 3.62. The Labute approximate surface area is 130 Å². The van der Waals surface area contributed by atoms with E-state index in [0.29, 0.717) is 17.0 Å². The third kappa shape index (κ3) is 3.13. The van der Waals surface area contributed by atoms with E-state index in [-0.39, 0.29) is 5.91 Å². The van der Waals surface area contributed by atoms with E-state index in [9.17, 15) is 4.79 Å². The summed E-state index contributed by atoms with van der Waals surface area (Å²) in [5.41, 5.74) is 2.10. The van der Waals surface area contributed by atoms with Gasteiger partial charge >= 0.3 is 0 Å². The van der Waals surface area contributed by atoms with E-state index < -0.39 is 0 Å². The highest BCUT2D eigenvalue weighted by Gasteiger charge is 2.10. The number of hydrogen-bond acceptors (Lipinski definition) is 3. The standard InChI is InChI=1S/C16H13BrN2O2/c17-14-7-6-13(21-14)16(20)19-10-8-12-4-1-3-11-5-2-9-18-15(11)12/h1-7,9H,8,10H2,(H,19,20). The maximum atomic E-state index is 11.9. The summed E-state index contributed by atoms with van der Waals surface area (Å²) in [6.45, 7) is 0.535. The summed E-state index contributed by atoms with van der Waals surface area (Å²) in [5, 5.41) is 3.95. The Kier molecular flexibility index (Phi) is 4.01. The van der Waals surface area contributed by atoms with Gasteiger partial charge in [0.1, 0.15) is 0 Å². The summed E-state index contributed by atoms with van der Waals surface area (Å²) in [6, 6.07) is 13.4. The van der Waals surface area contributed by atoms with Gasteiger partial charge in [0.05, 0.1) is 5.52 Å². The van der Waals surface area contributed by atoms with Gasteiger partial charge in [0, 0.05) is 18.1 Å². The first kappa shape index (κ1) is 13.8. The quantitative estimate of drug-likeness (QED) is 0.787. The highest BCUT2D eigenvalue weighted by atomic mass is 79.9. The summed E-state index contributed by atoms with van der Waals surface area (Å²) in [4.78, 5) is 16.3. The molecule has 3 rings (SSSR count). The van der Waals surface area contributed by atoms with Crippen molar-refractivity contribution in [2.75, 3.05) is 6.54 Å². The highest BCUT2D eigenvalue weighted by Crippen LogP contribution is 2.16. The van der Waals surface area contributed by atoms with Crippen LogP contribution in [0.2, 0.25) is 0 Å². The van der Waals surface area contributed by atoms with Crippen LogP contribution < -0.4 is 5.32 Å². The maximum Gasteiger partial charge on any atom is 0.287 e. The number of nitrogens with one attached hydrogen (secondary N) is 1. The molecule has 1 amide bonds. The Hall–Kier alpha value is -2.14. The topological polar surface area (TPSA) is 55.1 Å². The van der Waals surface area contributed by atoms with E-state index in [1.54, 1.807) is 18.3 Å². The molecule has 106 valence electrons. The van der Waals surface area contributed by atoms with E-state index in [1.807, 2.05) is 30.3 Å². The fourth-order valence-corrected chi connectivity index (χ4v) is 2.51. The van der Waals surface area contributed by atoms with E-state index in [0.717, 1.165) is 22.9 Å². The van der Waals surface area contributed by atoms with Gasteiger partial charge in [-0.15, -0.1) is 0 Å². The molecule has 0 unspecified atom stereocenters. The Morgan fingerprint density at radius 3 is 2.86 bits per heavy atom. The van der Waals surface area contributed by atoms with Crippen LogP contribution in [-0.2, 0) is 6.42 Å². The van der Waals surface area contributed by atoms with Crippen LogP contribution in [0.25, 0.3) is 10.9 Å². The van der Waals surface area contributed by atoms with Crippen molar-refractivity contribution >= 4 is 32.7 Å². The normalized spacial score (nSPS) is 10.7. The molecule has 4 nitrogen and oxygen atoms in total. The number of aromatic nitrogens is 1. The fraction of sp³-hybridized carbons (Fsp3) is 0.125. The molecule has 0 radical (unpaired) electrons. The molecule has 3 aromatic rings. The Morgan fingerprint density at radius 2 is 2.05 bits per heavy atom. The van der Waals surface area contributed by atoms with Crippen molar-refractivity contribution in [3.63, 3.8) is 0 Å². The molecule has 2 aromatic heterocycles. The van der Waals surface area contributed by atoms with Crippen LogP contribution in [0.4, 0.5) is 0 Å². The van der Waals surface area contributed by atoms with Crippen LogP contribution in [0.1, 0.15) is 16.1 Å². The molecule has 1 N–H and O–H groups in total. The number of nitrogens with zero attached hydrogens (tertiary/aromatic N) is 1. The van der Waals surface area contributed by atoms with Crippen molar-refractivity contribution in [1.29, 1.82) is 0 Å². The molecule has 5 heteroatoms. The van der Waals surface area contributed by atoms with Crippen molar-refractivity contribution in [3.05, 3.63) is 64.7 Å². The molecular weight excluding hydrogens is 332 g/mol. The fourth-order valence-electron chi connectivity index (χ4n) is 2.20. The monoisotopic (exact) mass is 344 g/mol. The first-order chi connectivity index (χ1) is 10.2. The zero-order chi connectivity index (χ0) is 14.7. The van der Waals surface area contributed by atoms with Crippen molar-refractivity contribution in [1.82, 2.24) is 10.3 Å². The van der Waals surface area contributed by atoms with E-state index in [2.05, 4.69) is 26.2 Å². The minimum absolute atomic E-state index is 0.214. The number of rotatable bonds is 4. The number of halogens is 1. The number of benzene rings is 1. The number of fused-ring (bicyclic) bond motifs is 1. The van der Waals surface area contributed by atoms with E-state index in [4.69, 9.17) is 4.42 Å². The van der Waals surface area contributed by atoms with Crippen LogP contribution >= 0.6 is 15.9 Å². The average molecular weight is 345 g/mol. The van der Waals surface area contributed by atoms with Crippen LogP contribution in [0.5, 0.6) is 0 Å². The smallest absolute Gasteiger partial charge is 0.287 e. The van der Waals surface area contributed by atoms with Crippen molar-refractivity contribution < 1.29 is 9.21 Å².